The number of aromatic amines is 2. The molecule has 0 bridgehead atoms. The van der Waals surface area contributed by atoms with E-state index in [0.29, 0.717) is 0 Å². The van der Waals surface area contributed by atoms with Gasteiger partial charge in [0.05, 0.1) is 23.6 Å². The number of fused-ring (bicyclic) bond motifs is 1. The number of imidazole rings is 3. The van der Waals surface area contributed by atoms with E-state index in [-0.39, 0.29) is 6.04 Å². The first kappa shape index (κ1) is 25.7. The number of nitrogens with zero attached hydrogens (tertiary/aromatic N) is 6. The van der Waals surface area contributed by atoms with E-state index in [2.05, 4.69) is 66.3 Å². The maximum atomic E-state index is 5.08. The summed E-state index contributed by atoms with van der Waals surface area (Å²) in [7, 11) is 0. The van der Waals surface area contributed by atoms with Gasteiger partial charge in [0, 0.05) is 44.3 Å². The third-order valence-corrected chi connectivity index (χ3v) is 7.67. The molecule has 1 atom stereocenters. The van der Waals surface area contributed by atoms with Gasteiger partial charge in [0.2, 0.25) is 0 Å². The van der Waals surface area contributed by atoms with Gasteiger partial charge in [0.1, 0.15) is 17.5 Å². The van der Waals surface area contributed by atoms with Crippen molar-refractivity contribution in [1.29, 1.82) is 0 Å². The number of H-pyrrole nitrogens is 2. The number of nitrogens with one attached hydrogen (secondary N) is 2. The van der Waals surface area contributed by atoms with Crippen LogP contribution in [0, 0.1) is 0 Å². The summed E-state index contributed by atoms with van der Waals surface area (Å²) in [6, 6.07) is 6.91. The van der Waals surface area contributed by atoms with E-state index in [1.54, 1.807) is 0 Å². The number of hydrogen-bond acceptors (Lipinski definition) is 5. The maximum Gasteiger partial charge on any atom is 0.123 e. The predicted octanol–water partition coefficient (Wildman–Crippen LogP) is 5.46. The molecule has 8 heteroatoms. The van der Waals surface area contributed by atoms with Gasteiger partial charge in [0.15, 0.2) is 0 Å². The smallest absolute Gasteiger partial charge is 0.123 e. The molecule has 3 aromatic heterocycles. The van der Waals surface area contributed by atoms with Crippen LogP contribution in [0.25, 0.3) is 11.0 Å². The zero-order valence-electron chi connectivity index (χ0n) is 22.5. The predicted molar refractivity (Wildman–Crippen MR) is 148 cm³/mol. The number of likely N-dealkylation sites (tertiary alicyclic amines) is 1. The van der Waals surface area contributed by atoms with Crippen LogP contribution in [0.5, 0.6) is 0 Å². The highest BCUT2D eigenvalue weighted by Gasteiger charge is 2.20. The summed E-state index contributed by atoms with van der Waals surface area (Å²) < 4.78 is 2.46. The van der Waals surface area contributed by atoms with Gasteiger partial charge in [-0.3, -0.25) is 4.90 Å². The molecule has 0 spiro atoms. The van der Waals surface area contributed by atoms with Crippen molar-refractivity contribution in [3.63, 3.8) is 0 Å². The quantitative estimate of drug-likeness (QED) is 0.237. The fourth-order valence-corrected chi connectivity index (χ4v) is 5.60. The van der Waals surface area contributed by atoms with E-state index >= 15 is 0 Å². The lowest BCUT2D eigenvalue weighted by Crippen LogP contribution is -2.30. The van der Waals surface area contributed by atoms with Crippen molar-refractivity contribution < 1.29 is 0 Å². The van der Waals surface area contributed by atoms with Gasteiger partial charge < -0.3 is 19.4 Å². The summed E-state index contributed by atoms with van der Waals surface area (Å²) >= 11 is 0. The van der Waals surface area contributed by atoms with Crippen LogP contribution in [-0.4, -0.2) is 58.9 Å². The normalized spacial score (nSPS) is 15.6. The van der Waals surface area contributed by atoms with Crippen LogP contribution in [-0.2, 0) is 26.1 Å². The molecule has 0 radical (unpaired) electrons. The minimum atomic E-state index is 0.131. The van der Waals surface area contributed by atoms with Crippen LogP contribution in [0.4, 0.5) is 0 Å². The zero-order valence-corrected chi connectivity index (χ0v) is 22.5. The largest absolute Gasteiger partial charge is 0.348 e. The summed E-state index contributed by atoms with van der Waals surface area (Å²) in [5, 5.41) is 0. The molecule has 1 aliphatic rings. The zero-order chi connectivity index (χ0) is 25.5. The first-order valence-corrected chi connectivity index (χ1v) is 14.1. The average molecular weight is 503 g/mol. The molecule has 0 aliphatic carbocycles. The molecule has 1 saturated heterocycles. The van der Waals surface area contributed by atoms with Crippen molar-refractivity contribution in [3.8, 4) is 0 Å². The molecule has 37 heavy (non-hydrogen) atoms. The molecule has 0 amide bonds. The van der Waals surface area contributed by atoms with Gasteiger partial charge in [-0.05, 0) is 76.4 Å². The minimum Gasteiger partial charge on any atom is -0.348 e. The Kier molecular flexibility index (Phi) is 8.68. The number of aromatic nitrogens is 6. The van der Waals surface area contributed by atoms with Crippen molar-refractivity contribution in [3.05, 3.63) is 66.0 Å². The molecular weight excluding hydrogens is 460 g/mol. The second-order valence-electron chi connectivity index (χ2n) is 10.5. The summed E-state index contributed by atoms with van der Waals surface area (Å²) in [6.45, 7) is 10.8. The van der Waals surface area contributed by atoms with Gasteiger partial charge in [-0.2, -0.15) is 0 Å². The second kappa shape index (κ2) is 12.5. The summed E-state index contributed by atoms with van der Waals surface area (Å²) in [4.78, 5) is 25.7. The highest BCUT2D eigenvalue weighted by atomic mass is 15.2. The van der Waals surface area contributed by atoms with Gasteiger partial charge in [0.25, 0.3) is 0 Å². The first-order valence-electron chi connectivity index (χ1n) is 14.1. The Morgan fingerprint density at radius 3 is 2.57 bits per heavy atom. The van der Waals surface area contributed by atoms with Gasteiger partial charge >= 0.3 is 0 Å². The van der Waals surface area contributed by atoms with Crippen molar-refractivity contribution in [2.45, 2.75) is 84.5 Å². The highest BCUT2D eigenvalue weighted by molar-refractivity contribution is 5.77. The molecule has 1 aliphatic heterocycles. The van der Waals surface area contributed by atoms with Crippen LogP contribution < -0.4 is 0 Å². The van der Waals surface area contributed by atoms with E-state index in [1.807, 2.05) is 24.8 Å². The molecule has 8 nitrogen and oxygen atoms in total. The SMILES string of the molecule is CCCn1c(CCCCN2CCCCC2)nc2ccc(CN(Cc3ncc[nH]3)C(C)c3ncc[nH]3)cc21. The van der Waals surface area contributed by atoms with Crippen LogP contribution in [0.3, 0.4) is 0 Å². The van der Waals surface area contributed by atoms with Crippen LogP contribution in [0.15, 0.2) is 43.0 Å². The second-order valence-corrected chi connectivity index (χ2v) is 10.5. The van der Waals surface area contributed by atoms with E-state index in [1.165, 1.54) is 68.6 Å². The number of benzene rings is 1. The summed E-state index contributed by atoms with van der Waals surface area (Å²) in [5.41, 5.74) is 3.65. The fourth-order valence-electron chi connectivity index (χ4n) is 5.60. The van der Waals surface area contributed by atoms with Crippen LogP contribution >= 0.6 is 0 Å². The Bertz CT molecular complexity index is 1200. The molecule has 5 rings (SSSR count). The molecule has 2 N–H and O–H groups in total. The number of hydrogen-bond donors (Lipinski definition) is 2. The topological polar surface area (TPSA) is 81.7 Å². The minimum absolute atomic E-state index is 0.131. The Morgan fingerprint density at radius 2 is 1.81 bits per heavy atom. The molecule has 1 aromatic carbocycles. The fraction of sp³-hybridized carbons (Fsp3) is 0.552. The van der Waals surface area contributed by atoms with Gasteiger partial charge in [-0.25, -0.2) is 15.0 Å². The summed E-state index contributed by atoms with van der Waals surface area (Å²) in [5.74, 6) is 3.17. The lowest BCUT2D eigenvalue weighted by atomic mass is 10.1. The van der Waals surface area contributed by atoms with E-state index in [4.69, 9.17) is 4.98 Å². The Labute approximate surface area is 220 Å². The van der Waals surface area contributed by atoms with Crippen molar-refractivity contribution in [1.82, 2.24) is 39.3 Å². The van der Waals surface area contributed by atoms with Crippen LogP contribution in [0.2, 0.25) is 0 Å². The molecule has 0 saturated carbocycles. The standard InChI is InChI=1S/C29H42N8/c1-3-16-37-26-20-24(21-36(22-27-30-12-13-31-27)23(2)29-32-14-15-33-29)10-11-25(26)34-28(37)9-5-8-19-35-17-6-4-7-18-35/h10-15,20,23H,3-9,16-19,21-22H2,1-2H3,(H,30,31)(H,32,33). The Hall–Kier alpha value is -2.97. The molecule has 1 fully saturated rings. The highest BCUT2D eigenvalue weighted by Crippen LogP contribution is 2.25. The summed E-state index contributed by atoms with van der Waals surface area (Å²) in [6.07, 6.45) is 16.2. The van der Waals surface area contributed by atoms with Crippen molar-refractivity contribution in [2.24, 2.45) is 0 Å². The Balaban J connectivity index is 1.31. The first-order chi connectivity index (χ1) is 18.2. The molecular formula is C29H42N8. The van der Waals surface area contributed by atoms with Gasteiger partial charge in [-0.15, -0.1) is 0 Å². The average Bonchev–Trinajstić information content (AvgIpc) is 3.69. The molecule has 1 unspecified atom stereocenters. The van der Waals surface area contributed by atoms with E-state index < -0.39 is 0 Å². The van der Waals surface area contributed by atoms with Crippen molar-refractivity contribution in [2.75, 3.05) is 19.6 Å². The Morgan fingerprint density at radius 1 is 0.973 bits per heavy atom. The van der Waals surface area contributed by atoms with E-state index in [0.717, 1.165) is 49.6 Å². The lowest BCUT2D eigenvalue weighted by molar-refractivity contribution is 0.181. The van der Waals surface area contributed by atoms with Gasteiger partial charge in [-0.1, -0.05) is 19.4 Å². The lowest BCUT2D eigenvalue weighted by Gasteiger charge is -2.27. The number of aryl methyl sites for hydroxylation is 2. The number of unbranched alkanes of at least 4 members (excludes halogenated alkanes) is 1. The third-order valence-electron chi connectivity index (χ3n) is 7.67. The third kappa shape index (κ3) is 6.48. The maximum absolute atomic E-state index is 5.08. The van der Waals surface area contributed by atoms with Crippen LogP contribution in [0.1, 0.15) is 81.5 Å². The van der Waals surface area contributed by atoms with Crippen molar-refractivity contribution >= 4 is 11.0 Å². The molecule has 4 heterocycles. The number of rotatable bonds is 13. The molecule has 198 valence electrons. The van der Waals surface area contributed by atoms with E-state index in [9.17, 15) is 0 Å². The monoisotopic (exact) mass is 502 g/mol. The number of piperidine rings is 1. The molecule has 4 aromatic rings.